The molecule has 0 amide bonds. The number of methoxy groups -OCH3 is 2. The van der Waals surface area contributed by atoms with Crippen molar-refractivity contribution in [2.45, 2.75) is 58.2 Å². The van der Waals surface area contributed by atoms with E-state index >= 15 is 0 Å². The van der Waals surface area contributed by atoms with E-state index in [0.717, 1.165) is 41.9 Å². The Balaban J connectivity index is 2.73. The SMILES string of the molecule is COC(=O)c1onc([C@@H]2O[C@H](COC(C)=O)[C@@H](OC(C)=O)[C@H](OC(C)=O)[C@H]2OC(C)=O)c1C(=O)OC. The van der Waals surface area contributed by atoms with Crippen LogP contribution in [0.5, 0.6) is 0 Å². The van der Waals surface area contributed by atoms with Crippen molar-refractivity contribution < 1.29 is 66.4 Å². The zero-order chi connectivity index (χ0) is 27.2. The lowest BCUT2D eigenvalue weighted by molar-refractivity contribution is -0.255. The summed E-state index contributed by atoms with van der Waals surface area (Å²) in [5.74, 6) is -6.08. The Morgan fingerprint density at radius 1 is 0.750 bits per heavy atom. The van der Waals surface area contributed by atoms with Gasteiger partial charge in [0, 0.05) is 27.7 Å². The fourth-order valence-electron chi connectivity index (χ4n) is 3.48. The van der Waals surface area contributed by atoms with Gasteiger partial charge < -0.3 is 37.7 Å². The van der Waals surface area contributed by atoms with Crippen LogP contribution in [0.15, 0.2) is 4.52 Å². The van der Waals surface area contributed by atoms with Crippen molar-refractivity contribution in [3.05, 3.63) is 17.0 Å². The van der Waals surface area contributed by atoms with E-state index in [4.69, 9.17) is 32.9 Å². The molecule has 0 spiro atoms. The number of nitrogens with zero attached hydrogens (tertiary/aromatic N) is 1. The molecule has 0 saturated carbocycles. The molecule has 1 saturated heterocycles. The molecule has 2 rings (SSSR count). The third-order valence-corrected chi connectivity index (χ3v) is 4.74. The third-order valence-electron chi connectivity index (χ3n) is 4.74. The molecule has 0 aliphatic carbocycles. The van der Waals surface area contributed by atoms with E-state index in [1.165, 1.54) is 0 Å². The third kappa shape index (κ3) is 6.56. The van der Waals surface area contributed by atoms with Gasteiger partial charge in [0.2, 0.25) is 0 Å². The number of carbonyl (C=O) groups excluding carboxylic acids is 6. The number of hydrogen-bond donors (Lipinski definition) is 0. The van der Waals surface area contributed by atoms with Crippen LogP contribution in [0.3, 0.4) is 0 Å². The average molecular weight is 515 g/mol. The Morgan fingerprint density at radius 2 is 1.28 bits per heavy atom. The molecule has 0 N–H and O–H groups in total. The second kappa shape index (κ2) is 12.1. The molecule has 1 fully saturated rings. The molecule has 1 aromatic heterocycles. The molecule has 15 nitrogen and oxygen atoms in total. The molecule has 1 aliphatic heterocycles. The van der Waals surface area contributed by atoms with Crippen LogP contribution in [0.25, 0.3) is 0 Å². The smallest absolute Gasteiger partial charge is 0.377 e. The molecule has 15 heteroatoms. The number of ether oxygens (including phenoxy) is 7. The van der Waals surface area contributed by atoms with Gasteiger partial charge in [0.15, 0.2) is 18.3 Å². The molecule has 1 aromatic rings. The summed E-state index contributed by atoms with van der Waals surface area (Å²) < 4.78 is 41.1. The lowest BCUT2D eigenvalue weighted by atomic mass is 9.91. The zero-order valence-corrected chi connectivity index (χ0v) is 20.3. The standard InChI is InChI=1S/C21H25NO14/c1-8(23)31-7-12-15(32-9(2)24)18(33-10(3)25)19(34-11(4)26)17(35-12)14-13(20(27)29-5)16(36-22-14)21(28)30-6/h12,15,17-19H,7H2,1-6H3/t12-,15-,17+,18+,19+/m1/s1. The summed E-state index contributed by atoms with van der Waals surface area (Å²) in [7, 11) is 2.05. The van der Waals surface area contributed by atoms with Gasteiger partial charge in [-0.25, -0.2) is 9.59 Å². The quantitative estimate of drug-likeness (QED) is 0.332. The van der Waals surface area contributed by atoms with E-state index < -0.39 is 84.3 Å². The maximum atomic E-state index is 12.6. The minimum atomic E-state index is -1.58. The molecule has 0 bridgehead atoms. The van der Waals surface area contributed by atoms with Crippen LogP contribution in [-0.4, -0.2) is 86.2 Å². The van der Waals surface area contributed by atoms with Crippen LogP contribution in [-0.2, 0) is 52.3 Å². The van der Waals surface area contributed by atoms with Crippen LogP contribution in [0.1, 0.15) is 60.4 Å². The first-order valence-electron chi connectivity index (χ1n) is 10.4. The molecule has 198 valence electrons. The summed E-state index contributed by atoms with van der Waals surface area (Å²) in [6.45, 7) is 3.76. The Morgan fingerprint density at radius 3 is 1.78 bits per heavy atom. The van der Waals surface area contributed by atoms with Crippen LogP contribution >= 0.6 is 0 Å². The van der Waals surface area contributed by atoms with Gasteiger partial charge in [-0.15, -0.1) is 0 Å². The van der Waals surface area contributed by atoms with Crippen LogP contribution in [0, 0.1) is 0 Å². The molecule has 0 aromatic carbocycles. The lowest BCUT2D eigenvalue weighted by Gasteiger charge is -2.43. The Kier molecular flexibility index (Phi) is 9.49. The van der Waals surface area contributed by atoms with Crippen molar-refractivity contribution in [3.8, 4) is 0 Å². The number of rotatable bonds is 8. The minimum Gasteiger partial charge on any atom is -0.465 e. The molecule has 0 unspecified atom stereocenters. The van der Waals surface area contributed by atoms with E-state index in [2.05, 4.69) is 9.89 Å². The molecule has 1 aliphatic rings. The molecule has 36 heavy (non-hydrogen) atoms. The van der Waals surface area contributed by atoms with Crippen LogP contribution in [0.2, 0.25) is 0 Å². The van der Waals surface area contributed by atoms with Crippen molar-refractivity contribution in [2.75, 3.05) is 20.8 Å². The Labute approximate surface area is 204 Å². The topological polar surface area (TPSA) is 193 Å². The predicted molar refractivity (Wildman–Crippen MR) is 110 cm³/mol. The van der Waals surface area contributed by atoms with Gasteiger partial charge in [-0.05, 0) is 0 Å². The number of aromatic nitrogens is 1. The predicted octanol–water partition coefficient (Wildman–Crippen LogP) is 0.0459. The first kappa shape index (κ1) is 28.2. The van der Waals surface area contributed by atoms with Gasteiger partial charge in [-0.2, -0.15) is 0 Å². The van der Waals surface area contributed by atoms with E-state index in [9.17, 15) is 28.8 Å². The first-order chi connectivity index (χ1) is 16.9. The van der Waals surface area contributed by atoms with Gasteiger partial charge in [-0.3, -0.25) is 19.2 Å². The summed E-state index contributed by atoms with van der Waals surface area (Å²) in [4.78, 5) is 71.9. The number of carbonyl (C=O) groups is 6. The van der Waals surface area contributed by atoms with Gasteiger partial charge >= 0.3 is 35.8 Å². The Hall–Kier alpha value is -4.01. The largest absolute Gasteiger partial charge is 0.465 e. The monoisotopic (exact) mass is 515 g/mol. The van der Waals surface area contributed by atoms with Crippen molar-refractivity contribution in [1.82, 2.24) is 5.16 Å². The highest BCUT2D eigenvalue weighted by atomic mass is 16.7. The first-order valence-corrected chi connectivity index (χ1v) is 10.4. The molecule has 2 heterocycles. The maximum Gasteiger partial charge on any atom is 0.377 e. The second-order valence-electron chi connectivity index (χ2n) is 7.37. The lowest BCUT2D eigenvalue weighted by Crippen LogP contribution is -2.59. The highest BCUT2D eigenvalue weighted by Gasteiger charge is 2.54. The average Bonchev–Trinajstić information content (AvgIpc) is 3.23. The summed E-state index contributed by atoms with van der Waals surface area (Å²) >= 11 is 0. The van der Waals surface area contributed by atoms with E-state index in [-0.39, 0.29) is 5.69 Å². The Bertz CT molecular complexity index is 1030. The fourth-order valence-corrected chi connectivity index (χ4v) is 3.48. The van der Waals surface area contributed by atoms with Gasteiger partial charge in [-0.1, -0.05) is 5.16 Å². The number of esters is 6. The summed E-state index contributed by atoms with van der Waals surface area (Å²) in [6.07, 6.45) is -7.42. The minimum absolute atomic E-state index is 0.389. The van der Waals surface area contributed by atoms with E-state index in [0.29, 0.717) is 0 Å². The molecule has 0 radical (unpaired) electrons. The van der Waals surface area contributed by atoms with Crippen molar-refractivity contribution in [2.24, 2.45) is 0 Å². The normalized spacial score (nSPS) is 23.1. The fraction of sp³-hybridized carbons (Fsp3) is 0.571. The van der Waals surface area contributed by atoms with E-state index in [1.54, 1.807) is 0 Å². The highest BCUT2D eigenvalue weighted by Crippen LogP contribution is 2.39. The van der Waals surface area contributed by atoms with E-state index in [1.807, 2.05) is 0 Å². The van der Waals surface area contributed by atoms with Gasteiger partial charge in [0.25, 0.3) is 5.76 Å². The van der Waals surface area contributed by atoms with Gasteiger partial charge in [0.05, 0.1) is 14.2 Å². The number of hydrogen-bond acceptors (Lipinski definition) is 15. The summed E-state index contributed by atoms with van der Waals surface area (Å²) in [6, 6.07) is 0. The van der Waals surface area contributed by atoms with Crippen LogP contribution in [0.4, 0.5) is 0 Å². The zero-order valence-electron chi connectivity index (χ0n) is 20.3. The van der Waals surface area contributed by atoms with Gasteiger partial charge in [0.1, 0.15) is 30.1 Å². The van der Waals surface area contributed by atoms with Crippen LogP contribution < -0.4 is 0 Å². The van der Waals surface area contributed by atoms with Crippen molar-refractivity contribution in [3.63, 3.8) is 0 Å². The van der Waals surface area contributed by atoms with Crippen molar-refractivity contribution in [1.29, 1.82) is 0 Å². The summed E-state index contributed by atoms with van der Waals surface area (Å²) in [5, 5.41) is 3.72. The molecule has 5 atom stereocenters. The highest BCUT2D eigenvalue weighted by molar-refractivity contribution is 6.02. The molecular formula is C21H25NO14. The summed E-state index contributed by atoms with van der Waals surface area (Å²) in [5.41, 5.74) is -0.912. The second-order valence-corrected chi connectivity index (χ2v) is 7.37. The molecular weight excluding hydrogens is 490 g/mol. The maximum absolute atomic E-state index is 12.6. The van der Waals surface area contributed by atoms with Crippen molar-refractivity contribution >= 4 is 35.8 Å².